The number of para-hydroxylation sites is 1. The zero-order chi connectivity index (χ0) is 12.8. The van der Waals surface area contributed by atoms with Crippen LogP contribution in [0.1, 0.15) is 11.1 Å². The van der Waals surface area contributed by atoms with Crippen molar-refractivity contribution >= 4 is 11.6 Å². The topological polar surface area (TPSA) is 45.1 Å². The highest BCUT2D eigenvalue weighted by atomic mass is 35.5. The Morgan fingerprint density at radius 3 is 2.89 bits per heavy atom. The van der Waals surface area contributed by atoms with Gasteiger partial charge in [0.1, 0.15) is 5.75 Å². The van der Waals surface area contributed by atoms with Gasteiger partial charge < -0.3 is 10.4 Å². The summed E-state index contributed by atoms with van der Waals surface area (Å²) in [7, 11) is 0. The lowest BCUT2D eigenvalue weighted by atomic mass is 10.2. The van der Waals surface area contributed by atoms with Gasteiger partial charge in [-0.3, -0.25) is 4.98 Å². The van der Waals surface area contributed by atoms with Gasteiger partial charge in [-0.1, -0.05) is 29.8 Å². The van der Waals surface area contributed by atoms with Crippen molar-refractivity contribution in [1.29, 1.82) is 0 Å². The molecule has 4 heteroatoms. The third kappa shape index (κ3) is 3.45. The average molecular weight is 263 g/mol. The summed E-state index contributed by atoms with van der Waals surface area (Å²) >= 11 is 5.84. The zero-order valence-corrected chi connectivity index (χ0v) is 10.7. The molecule has 94 valence electrons. The fourth-order valence-electron chi connectivity index (χ4n) is 1.70. The van der Waals surface area contributed by atoms with E-state index in [0.29, 0.717) is 11.6 Å². The van der Waals surface area contributed by atoms with Crippen LogP contribution in [0.25, 0.3) is 0 Å². The maximum atomic E-state index is 9.73. The number of benzene rings is 1. The number of hydrogen-bond donors (Lipinski definition) is 2. The van der Waals surface area contributed by atoms with E-state index in [0.717, 1.165) is 18.5 Å². The van der Waals surface area contributed by atoms with Crippen molar-refractivity contribution in [3.8, 4) is 5.75 Å². The minimum Gasteiger partial charge on any atom is -0.506 e. The molecule has 0 spiro atoms. The molecular formula is C14H15ClN2O. The number of phenolic OH excluding ortho intramolecular Hbond substituents is 1. The Labute approximate surface area is 111 Å². The smallest absolute Gasteiger partial charge is 0.138 e. The average Bonchev–Trinajstić information content (AvgIpc) is 2.40. The maximum absolute atomic E-state index is 9.73. The van der Waals surface area contributed by atoms with E-state index in [1.165, 1.54) is 5.56 Å². The quantitative estimate of drug-likeness (QED) is 0.815. The lowest BCUT2D eigenvalue weighted by Crippen LogP contribution is -2.16. The monoisotopic (exact) mass is 262 g/mol. The van der Waals surface area contributed by atoms with Crippen molar-refractivity contribution in [2.24, 2.45) is 0 Å². The number of halogens is 1. The van der Waals surface area contributed by atoms with Crippen molar-refractivity contribution in [1.82, 2.24) is 10.3 Å². The molecule has 0 saturated heterocycles. The van der Waals surface area contributed by atoms with Crippen LogP contribution in [0.4, 0.5) is 0 Å². The largest absolute Gasteiger partial charge is 0.506 e. The number of hydrogen-bond acceptors (Lipinski definition) is 3. The van der Waals surface area contributed by atoms with Crippen molar-refractivity contribution in [2.75, 3.05) is 6.54 Å². The van der Waals surface area contributed by atoms with Crippen LogP contribution >= 0.6 is 11.6 Å². The molecule has 0 radical (unpaired) electrons. The molecule has 1 aromatic heterocycles. The minimum atomic E-state index is 0.160. The van der Waals surface area contributed by atoms with Crippen LogP contribution in [0.5, 0.6) is 5.75 Å². The molecule has 1 heterocycles. The summed E-state index contributed by atoms with van der Waals surface area (Å²) in [5.41, 5.74) is 2.01. The molecule has 0 saturated carbocycles. The van der Waals surface area contributed by atoms with Crippen LogP contribution in [0.2, 0.25) is 5.02 Å². The van der Waals surface area contributed by atoms with Crippen LogP contribution in [-0.2, 0) is 13.0 Å². The Balaban J connectivity index is 1.81. The number of phenols is 1. The number of aromatic nitrogens is 1. The van der Waals surface area contributed by atoms with Crippen LogP contribution in [-0.4, -0.2) is 16.6 Å². The molecule has 1 aromatic carbocycles. The number of rotatable bonds is 5. The third-order valence-corrected chi connectivity index (χ3v) is 3.00. The molecule has 0 amide bonds. The third-order valence-electron chi connectivity index (χ3n) is 2.70. The van der Waals surface area contributed by atoms with Gasteiger partial charge in [-0.25, -0.2) is 0 Å². The highest BCUT2D eigenvalue weighted by Gasteiger charge is 2.03. The van der Waals surface area contributed by atoms with Gasteiger partial charge in [-0.15, -0.1) is 0 Å². The number of nitrogens with one attached hydrogen (secondary N) is 1. The highest BCUT2D eigenvalue weighted by molar-refractivity contribution is 6.32. The first-order chi connectivity index (χ1) is 8.77. The van der Waals surface area contributed by atoms with Crippen molar-refractivity contribution < 1.29 is 5.11 Å². The molecular weight excluding hydrogens is 248 g/mol. The van der Waals surface area contributed by atoms with Crippen molar-refractivity contribution in [3.63, 3.8) is 0 Å². The van der Waals surface area contributed by atoms with E-state index < -0.39 is 0 Å². The second kappa shape index (κ2) is 6.38. The summed E-state index contributed by atoms with van der Waals surface area (Å²) in [4.78, 5) is 4.06. The molecule has 0 aliphatic rings. The fraction of sp³-hybridized carbons (Fsp3) is 0.214. The van der Waals surface area contributed by atoms with Crippen LogP contribution in [0, 0.1) is 0 Å². The Morgan fingerprint density at radius 2 is 2.11 bits per heavy atom. The van der Waals surface area contributed by atoms with E-state index in [4.69, 9.17) is 11.6 Å². The summed E-state index contributed by atoms with van der Waals surface area (Å²) in [5.74, 6) is 0.160. The number of aromatic hydroxyl groups is 1. The van der Waals surface area contributed by atoms with E-state index in [1.54, 1.807) is 12.3 Å². The van der Waals surface area contributed by atoms with Crippen LogP contribution in [0.15, 0.2) is 42.7 Å². The van der Waals surface area contributed by atoms with Crippen molar-refractivity contribution in [3.05, 3.63) is 58.9 Å². The molecule has 0 aliphatic carbocycles. The summed E-state index contributed by atoms with van der Waals surface area (Å²) in [6, 6.07) is 9.35. The SMILES string of the molecule is Oc1c(Cl)cccc1CNCCc1cccnc1. The van der Waals surface area contributed by atoms with Crippen LogP contribution < -0.4 is 5.32 Å². The molecule has 3 nitrogen and oxygen atoms in total. The normalized spacial score (nSPS) is 10.5. The predicted octanol–water partition coefficient (Wildman–Crippen LogP) is 2.77. The second-order valence-corrected chi connectivity index (χ2v) is 4.44. The molecule has 0 bridgehead atoms. The first kappa shape index (κ1) is 12.9. The molecule has 0 atom stereocenters. The summed E-state index contributed by atoms with van der Waals surface area (Å²) in [6.07, 6.45) is 4.54. The minimum absolute atomic E-state index is 0.160. The Morgan fingerprint density at radius 1 is 1.22 bits per heavy atom. The fourth-order valence-corrected chi connectivity index (χ4v) is 1.90. The summed E-state index contributed by atoms with van der Waals surface area (Å²) in [6.45, 7) is 1.43. The van der Waals surface area contributed by atoms with E-state index in [9.17, 15) is 5.11 Å². The van der Waals surface area contributed by atoms with Gasteiger partial charge in [-0.2, -0.15) is 0 Å². The standard InChI is InChI=1S/C14H15ClN2O/c15-13-5-1-4-12(14(13)18)10-17-8-6-11-3-2-7-16-9-11/h1-5,7,9,17-18H,6,8,10H2. The first-order valence-electron chi connectivity index (χ1n) is 5.83. The number of pyridine rings is 1. The highest BCUT2D eigenvalue weighted by Crippen LogP contribution is 2.26. The molecule has 0 fully saturated rings. The first-order valence-corrected chi connectivity index (χ1v) is 6.21. The lowest BCUT2D eigenvalue weighted by Gasteiger charge is -2.07. The van der Waals surface area contributed by atoms with Gasteiger partial charge in [0.2, 0.25) is 0 Å². The number of nitrogens with zero attached hydrogens (tertiary/aromatic N) is 1. The Kier molecular flexibility index (Phi) is 4.56. The Bertz CT molecular complexity index is 502. The van der Waals surface area contributed by atoms with Gasteiger partial charge >= 0.3 is 0 Å². The lowest BCUT2D eigenvalue weighted by molar-refractivity contribution is 0.465. The van der Waals surface area contributed by atoms with E-state index in [2.05, 4.69) is 10.3 Å². The predicted molar refractivity (Wildman–Crippen MR) is 72.8 cm³/mol. The van der Waals surface area contributed by atoms with Gasteiger partial charge in [0.25, 0.3) is 0 Å². The van der Waals surface area contributed by atoms with Gasteiger partial charge in [-0.05, 0) is 30.7 Å². The van der Waals surface area contributed by atoms with E-state index in [1.807, 2.05) is 30.5 Å². The maximum Gasteiger partial charge on any atom is 0.138 e. The van der Waals surface area contributed by atoms with Gasteiger partial charge in [0.15, 0.2) is 0 Å². The molecule has 2 aromatic rings. The van der Waals surface area contributed by atoms with Gasteiger partial charge in [0.05, 0.1) is 5.02 Å². The zero-order valence-electron chi connectivity index (χ0n) is 9.94. The van der Waals surface area contributed by atoms with Gasteiger partial charge in [0, 0.05) is 24.5 Å². The Hall–Kier alpha value is -1.58. The molecule has 2 N–H and O–H groups in total. The molecule has 0 unspecified atom stereocenters. The van der Waals surface area contributed by atoms with Crippen LogP contribution in [0.3, 0.4) is 0 Å². The van der Waals surface area contributed by atoms with Crippen molar-refractivity contribution in [2.45, 2.75) is 13.0 Å². The molecule has 0 aliphatic heterocycles. The second-order valence-electron chi connectivity index (χ2n) is 4.04. The molecule has 2 rings (SSSR count). The summed E-state index contributed by atoms with van der Waals surface area (Å²) < 4.78 is 0. The molecule has 18 heavy (non-hydrogen) atoms. The van der Waals surface area contributed by atoms with E-state index >= 15 is 0 Å². The summed E-state index contributed by atoms with van der Waals surface area (Å²) in [5, 5.41) is 13.4. The van der Waals surface area contributed by atoms with E-state index in [-0.39, 0.29) is 5.75 Å².